The molecule has 3 rings (SSSR count). The van der Waals surface area contributed by atoms with Gasteiger partial charge < -0.3 is 15.1 Å². The van der Waals surface area contributed by atoms with E-state index < -0.39 is 10.0 Å². The van der Waals surface area contributed by atoms with Gasteiger partial charge in [-0.15, -0.1) is 0 Å². The molecule has 162 valence electrons. The monoisotopic (exact) mass is 421 g/mol. The van der Waals surface area contributed by atoms with E-state index in [9.17, 15) is 8.42 Å². The van der Waals surface area contributed by atoms with E-state index in [1.165, 1.54) is 0 Å². The summed E-state index contributed by atoms with van der Waals surface area (Å²) in [5.74, 6) is 0.807. The summed E-state index contributed by atoms with van der Waals surface area (Å²) in [7, 11) is 0.283. The molecule has 1 aromatic rings. The van der Waals surface area contributed by atoms with Crippen molar-refractivity contribution in [3.63, 3.8) is 0 Å². The van der Waals surface area contributed by atoms with Crippen LogP contribution in [0.4, 0.5) is 0 Å². The maximum atomic E-state index is 13.3. The first-order valence-electron chi connectivity index (χ1n) is 10.3. The van der Waals surface area contributed by atoms with Crippen molar-refractivity contribution in [1.82, 2.24) is 19.4 Å². The van der Waals surface area contributed by atoms with Crippen LogP contribution in [0.15, 0.2) is 34.2 Å². The zero-order chi connectivity index (χ0) is 21.4. The summed E-state index contributed by atoms with van der Waals surface area (Å²) in [5.41, 5.74) is 0.957. The molecule has 7 nitrogen and oxygen atoms in total. The Morgan fingerprint density at radius 3 is 2.28 bits per heavy atom. The average Bonchev–Trinajstić information content (AvgIpc) is 2.68. The maximum absolute atomic E-state index is 13.3. The number of hydrogen-bond acceptors (Lipinski definition) is 4. The molecule has 0 radical (unpaired) electrons. The average molecular weight is 422 g/mol. The highest BCUT2D eigenvalue weighted by Gasteiger charge is 2.53. The van der Waals surface area contributed by atoms with Gasteiger partial charge in [-0.05, 0) is 32.5 Å². The molecule has 0 saturated carbocycles. The third-order valence-electron chi connectivity index (χ3n) is 6.84. The van der Waals surface area contributed by atoms with Gasteiger partial charge >= 0.3 is 0 Å². The summed E-state index contributed by atoms with van der Waals surface area (Å²) in [6.45, 7) is 12.9. The van der Waals surface area contributed by atoms with E-state index in [1.54, 1.807) is 23.5 Å². The Balaban J connectivity index is 1.76. The molecule has 1 N–H and O–H groups in total. The van der Waals surface area contributed by atoms with Gasteiger partial charge in [0.15, 0.2) is 5.96 Å². The molecular weight excluding hydrogens is 386 g/mol. The number of likely N-dealkylation sites (tertiary alicyclic amines) is 1. The van der Waals surface area contributed by atoms with Crippen LogP contribution in [-0.2, 0) is 16.6 Å². The number of rotatable bonds is 4. The number of likely N-dealkylation sites (N-methyl/N-ethyl adjacent to an activating group) is 1. The van der Waals surface area contributed by atoms with E-state index >= 15 is 0 Å². The molecule has 2 heterocycles. The Labute approximate surface area is 175 Å². The number of guanidine groups is 1. The number of benzene rings is 1. The number of piperazine rings is 1. The Morgan fingerprint density at radius 1 is 1.10 bits per heavy atom. The zero-order valence-electron chi connectivity index (χ0n) is 18.6. The van der Waals surface area contributed by atoms with Gasteiger partial charge in [-0.25, -0.2) is 8.42 Å². The Hall–Kier alpha value is -1.64. The van der Waals surface area contributed by atoms with Gasteiger partial charge in [0.1, 0.15) is 0 Å². The highest BCUT2D eigenvalue weighted by molar-refractivity contribution is 7.89. The van der Waals surface area contributed by atoms with Crippen LogP contribution in [0.3, 0.4) is 0 Å². The molecule has 2 fully saturated rings. The van der Waals surface area contributed by atoms with Crippen molar-refractivity contribution >= 4 is 16.0 Å². The summed E-state index contributed by atoms with van der Waals surface area (Å²) >= 11 is 0. The predicted octanol–water partition coefficient (Wildman–Crippen LogP) is 1.82. The molecule has 0 aliphatic carbocycles. The molecule has 0 bridgehead atoms. The molecule has 0 aromatic heterocycles. The summed E-state index contributed by atoms with van der Waals surface area (Å²) < 4.78 is 28.1. The van der Waals surface area contributed by atoms with Crippen LogP contribution in [-0.4, -0.2) is 80.8 Å². The molecule has 2 saturated heterocycles. The minimum absolute atomic E-state index is 0.0136. The fraction of sp³-hybridized carbons (Fsp3) is 0.667. The molecule has 0 amide bonds. The van der Waals surface area contributed by atoms with E-state index in [4.69, 9.17) is 0 Å². The molecule has 0 atom stereocenters. The lowest BCUT2D eigenvalue weighted by molar-refractivity contribution is -0.0668. The number of nitrogens with one attached hydrogen (secondary N) is 1. The molecule has 1 aromatic carbocycles. The lowest BCUT2D eigenvalue weighted by atomic mass is 9.65. The molecule has 0 unspecified atom stereocenters. The molecule has 2 aliphatic heterocycles. The first-order chi connectivity index (χ1) is 13.5. The highest BCUT2D eigenvalue weighted by Crippen LogP contribution is 2.46. The van der Waals surface area contributed by atoms with Crippen molar-refractivity contribution in [3.8, 4) is 0 Å². The molecule has 8 heteroatoms. The van der Waals surface area contributed by atoms with E-state index in [2.05, 4.69) is 47.8 Å². The van der Waals surface area contributed by atoms with E-state index in [1.807, 2.05) is 19.2 Å². The highest BCUT2D eigenvalue weighted by atomic mass is 32.2. The third-order valence-corrected chi connectivity index (χ3v) is 8.84. The quantitative estimate of drug-likeness (QED) is 0.593. The standard InChI is InChI=1S/C21H35N5O2S/c1-20(2)16-26(21(20,3)4)19(22-5)23-15-17-9-7-8-10-18(17)29(27,28)25-13-11-24(6)12-14-25/h7-10H,11-16H2,1-6H3,(H,22,23). The Morgan fingerprint density at radius 2 is 1.72 bits per heavy atom. The lowest BCUT2D eigenvalue weighted by Crippen LogP contribution is -2.72. The van der Waals surface area contributed by atoms with Gasteiger partial charge in [-0.1, -0.05) is 32.0 Å². The minimum Gasteiger partial charge on any atom is -0.352 e. The van der Waals surface area contributed by atoms with Gasteiger partial charge in [-0.3, -0.25) is 4.99 Å². The number of aliphatic imine (C=N–C) groups is 1. The third kappa shape index (κ3) is 4.02. The smallest absolute Gasteiger partial charge is 0.243 e. The zero-order valence-corrected chi connectivity index (χ0v) is 19.4. The first kappa shape index (κ1) is 22.1. The topological polar surface area (TPSA) is 68.2 Å². The second-order valence-electron chi connectivity index (χ2n) is 9.24. The summed E-state index contributed by atoms with van der Waals surface area (Å²) in [6, 6.07) is 7.28. The van der Waals surface area contributed by atoms with E-state index in [0.29, 0.717) is 24.5 Å². The minimum atomic E-state index is -3.51. The fourth-order valence-corrected chi connectivity index (χ4v) is 5.58. The van der Waals surface area contributed by atoms with Crippen LogP contribution in [0.1, 0.15) is 33.3 Å². The van der Waals surface area contributed by atoms with Gasteiger partial charge in [0.2, 0.25) is 10.0 Å². The van der Waals surface area contributed by atoms with Crippen molar-refractivity contribution in [2.45, 2.75) is 44.7 Å². The Bertz CT molecular complexity index is 871. The van der Waals surface area contributed by atoms with E-state index in [0.717, 1.165) is 31.2 Å². The molecule has 29 heavy (non-hydrogen) atoms. The summed E-state index contributed by atoms with van der Waals surface area (Å²) in [4.78, 5) is 9.23. The second-order valence-corrected chi connectivity index (χ2v) is 11.2. The maximum Gasteiger partial charge on any atom is 0.243 e. The van der Waals surface area contributed by atoms with Crippen LogP contribution in [0.5, 0.6) is 0 Å². The van der Waals surface area contributed by atoms with Crippen molar-refractivity contribution in [2.75, 3.05) is 46.8 Å². The van der Waals surface area contributed by atoms with E-state index in [-0.39, 0.29) is 11.0 Å². The molecule has 2 aliphatic rings. The van der Waals surface area contributed by atoms with Crippen LogP contribution in [0.2, 0.25) is 0 Å². The number of sulfonamides is 1. The lowest BCUT2D eigenvalue weighted by Gasteiger charge is -2.62. The van der Waals surface area contributed by atoms with Crippen molar-refractivity contribution < 1.29 is 8.42 Å². The second kappa shape index (κ2) is 7.89. The molecule has 0 spiro atoms. The summed E-state index contributed by atoms with van der Waals surface area (Å²) in [5, 5.41) is 3.39. The van der Waals surface area contributed by atoms with Gasteiger partial charge in [0, 0.05) is 57.3 Å². The van der Waals surface area contributed by atoms with Gasteiger partial charge in [0.25, 0.3) is 0 Å². The fourth-order valence-electron chi connectivity index (χ4n) is 3.94. The van der Waals surface area contributed by atoms with Gasteiger partial charge in [0.05, 0.1) is 4.90 Å². The van der Waals surface area contributed by atoms with Crippen LogP contribution in [0, 0.1) is 5.41 Å². The normalized spacial score (nSPS) is 23.0. The number of hydrogen-bond donors (Lipinski definition) is 1. The van der Waals surface area contributed by atoms with Crippen LogP contribution < -0.4 is 5.32 Å². The van der Waals surface area contributed by atoms with Crippen molar-refractivity contribution in [1.29, 1.82) is 0 Å². The first-order valence-corrected chi connectivity index (χ1v) is 11.7. The predicted molar refractivity (Wildman–Crippen MR) is 117 cm³/mol. The van der Waals surface area contributed by atoms with Crippen LogP contribution in [0.25, 0.3) is 0 Å². The largest absolute Gasteiger partial charge is 0.352 e. The van der Waals surface area contributed by atoms with Gasteiger partial charge in [-0.2, -0.15) is 4.31 Å². The Kier molecular flexibility index (Phi) is 6.00. The van der Waals surface area contributed by atoms with Crippen molar-refractivity contribution in [3.05, 3.63) is 29.8 Å². The number of nitrogens with zero attached hydrogens (tertiary/aromatic N) is 4. The molecular formula is C21H35N5O2S. The van der Waals surface area contributed by atoms with Crippen LogP contribution >= 0.6 is 0 Å². The summed E-state index contributed by atoms with van der Waals surface area (Å²) in [6.07, 6.45) is 0. The van der Waals surface area contributed by atoms with Crippen molar-refractivity contribution in [2.24, 2.45) is 10.4 Å². The SMILES string of the molecule is CN=C(NCc1ccccc1S(=O)(=O)N1CCN(C)CC1)N1CC(C)(C)C1(C)C.